The highest BCUT2D eigenvalue weighted by molar-refractivity contribution is 6.89. The number of hydrogen-bond donors (Lipinski definition) is 2. The Hall–Kier alpha value is -2.49. The molecule has 2 aromatic rings. The lowest BCUT2D eigenvalue weighted by molar-refractivity contribution is 0.00145. The van der Waals surface area contributed by atoms with E-state index in [1.807, 2.05) is 27.7 Å². The molecule has 2 unspecified atom stereocenters. The molecule has 0 saturated carbocycles. The molecule has 0 bridgehead atoms. The molecule has 1 saturated heterocycles. The molecule has 1 amide bonds. The lowest BCUT2D eigenvalue weighted by Gasteiger charge is -2.35. The number of carbonyl (C=O) groups is 1. The van der Waals surface area contributed by atoms with Crippen molar-refractivity contribution in [3.8, 4) is 6.01 Å². The van der Waals surface area contributed by atoms with E-state index in [1.54, 1.807) is 4.90 Å². The molecule has 3 radical (unpaired) electrons. The van der Waals surface area contributed by atoms with E-state index in [0.29, 0.717) is 24.4 Å². The number of nitrogens with one attached hydrogen (secondary N) is 1. The van der Waals surface area contributed by atoms with Crippen molar-refractivity contribution >= 4 is 32.5 Å². The molecule has 0 aliphatic carbocycles. The Kier molecular flexibility index (Phi) is 8.18. The summed E-state index contributed by atoms with van der Waals surface area (Å²) in [4.78, 5) is 23.0. The molecule has 12 heteroatoms. The predicted octanol–water partition coefficient (Wildman–Crippen LogP) is 2.53. The standard InChI is InChI=1S/C22H35B2N6O4/c1-6-8-14(2)33-20-27-18(26-13-24-23)19-25-11-16(30(19)28-20)17(31)15-9-7-10-29(12-15)21(32)34-22(3,4)5/h11,14-15,17,31H,6-10,12-13H2,1-5H3,(H,26,27,28)/t14-,15?,17?/m0/s1/i/hD. The normalized spacial score (nSPS) is 18.8. The fourth-order valence-corrected chi connectivity index (χ4v) is 4.01. The van der Waals surface area contributed by atoms with Crippen LogP contribution in [-0.2, 0) is 4.74 Å². The van der Waals surface area contributed by atoms with Crippen LogP contribution in [0.2, 0.25) is 1.41 Å². The van der Waals surface area contributed by atoms with Crippen molar-refractivity contribution in [2.45, 2.75) is 78.1 Å². The maximum atomic E-state index is 12.6. The number of amides is 1. The maximum absolute atomic E-state index is 12.6. The van der Waals surface area contributed by atoms with Crippen molar-refractivity contribution in [2.75, 3.05) is 24.8 Å². The number of hydrogen-bond acceptors (Lipinski definition) is 8. The zero-order valence-corrected chi connectivity index (χ0v) is 20.8. The number of carbonyl (C=O) groups excluding carboxylic acids is 1. The van der Waals surface area contributed by atoms with Gasteiger partial charge in [-0.25, -0.2) is 14.3 Å². The van der Waals surface area contributed by atoms with Gasteiger partial charge < -0.3 is 24.8 Å². The maximum Gasteiger partial charge on any atom is 0.410 e. The summed E-state index contributed by atoms with van der Waals surface area (Å²) in [6, 6.07) is 0.0909. The van der Waals surface area contributed by atoms with Crippen molar-refractivity contribution in [2.24, 2.45) is 5.92 Å². The zero-order chi connectivity index (χ0) is 25.8. The summed E-state index contributed by atoms with van der Waals surface area (Å²) in [5, 5.41) is 16.9. The molecule has 0 spiro atoms. The van der Waals surface area contributed by atoms with Crippen LogP contribution in [0.15, 0.2) is 6.20 Å². The second kappa shape index (κ2) is 11.3. The van der Waals surface area contributed by atoms with Crippen molar-refractivity contribution in [1.29, 1.82) is 0 Å². The number of aromatic nitrogens is 4. The molecule has 2 aromatic heterocycles. The summed E-state index contributed by atoms with van der Waals surface area (Å²) in [6.45, 7) is 10.4. The van der Waals surface area contributed by atoms with E-state index in [2.05, 4.69) is 22.0 Å². The van der Waals surface area contributed by atoms with Gasteiger partial charge in [-0.2, -0.15) is 4.98 Å². The van der Waals surface area contributed by atoms with Gasteiger partial charge in [-0.15, -0.1) is 5.10 Å². The predicted molar refractivity (Wildman–Crippen MR) is 131 cm³/mol. The van der Waals surface area contributed by atoms with Crippen LogP contribution in [0.25, 0.3) is 5.65 Å². The molecule has 0 aromatic carbocycles. The van der Waals surface area contributed by atoms with E-state index in [-0.39, 0.29) is 36.4 Å². The second-order valence-electron chi connectivity index (χ2n) is 9.70. The number of aliphatic hydroxyl groups is 1. The molecule has 2 N–H and O–H groups in total. The number of rotatable bonds is 9. The van der Waals surface area contributed by atoms with Gasteiger partial charge in [-0.3, -0.25) is 0 Å². The third kappa shape index (κ3) is 6.55. The Morgan fingerprint density at radius 1 is 1.50 bits per heavy atom. The number of fused-ring (bicyclic) bond motifs is 1. The summed E-state index contributed by atoms with van der Waals surface area (Å²) in [5.74, 6) is -0.0136. The first-order valence-corrected chi connectivity index (χ1v) is 11.9. The van der Waals surface area contributed by atoms with Crippen molar-refractivity contribution < 1.29 is 20.8 Å². The largest absolute Gasteiger partial charge is 0.459 e. The number of likely N-dealkylation sites (tertiary alicyclic amines) is 1. The van der Waals surface area contributed by atoms with E-state index >= 15 is 0 Å². The number of aliphatic hydroxyl groups excluding tert-OH is 1. The molecule has 3 heterocycles. The van der Waals surface area contributed by atoms with E-state index < -0.39 is 11.7 Å². The first kappa shape index (κ1) is 24.6. The Morgan fingerprint density at radius 2 is 2.26 bits per heavy atom. The molecule has 10 nitrogen and oxygen atoms in total. The van der Waals surface area contributed by atoms with Crippen LogP contribution in [0.1, 0.15) is 72.1 Å². The Morgan fingerprint density at radius 3 is 2.94 bits per heavy atom. The van der Waals surface area contributed by atoms with Gasteiger partial charge in [-0.05, 0) is 53.4 Å². The van der Waals surface area contributed by atoms with Gasteiger partial charge in [0.2, 0.25) is 0 Å². The number of imidazole rings is 1. The summed E-state index contributed by atoms with van der Waals surface area (Å²) < 4.78 is 21.2. The average Bonchev–Trinajstić information content (AvgIpc) is 3.21. The molecule has 183 valence electrons. The third-order valence-electron chi connectivity index (χ3n) is 5.56. The fraction of sp³-hybridized carbons (Fsp3) is 0.727. The summed E-state index contributed by atoms with van der Waals surface area (Å²) in [7, 11) is 6.87. The summed E-state index contributed by atoms with van der Waals surface area (Å²) >= 11 is 0. The highest BCUT2D eigenvalue weighted by Gasteiger charge is 2.33. The van der Waals surface area contributed by atoms with Gasteiger partial charge in [0.1, 0.15) is 11.7 Å². The van der Waals surface area contributed by atoms with E-state index in [1.165, 1.54) is 17.9 Å². The molecule has 1 aliphatic rings. The van der Waals surface area contributed by atoms with Gasteiger partial charge in [0.05, 0.1) is 25.2 Å². The highest BCUT2D eigenvalue weighted by Crippen LogP contribution is 2.32. The summed E-state index contributed by atoms with van der Waals surface area (Å²) in [6.07, 6.45) is 3.43. The van der Waals surface area contributed by atoms with Crippen LogP contribution < -0.4 is 10.0 Å². The fourth-order valence-electron chi connectivity index (χ4n) is 4.01. The van der Waals surface area contributed by atoms with Crippen LogP contribution in [0, 0.1) is 5.92 Å². The van der Waals surface area contributed by atoms with Crippen molar-refractivity contribution in [1.82, 2.24) is 24.5 Å². The lowest BCUT2D eigenvalue weighted by Crippen LogP contribution is -2.44. The Balaban J connectivity index is 1.91. The second-order valence-corrected chi connectivity index (χ2v) is 9.70. The minimum atomic E-state index is -0.945. The van der Waals surface area contributed by atoms with Gasteiger partial charge >= 0.3 is 12.1 Å². The minimum absolute atomic E-state index is 0.0909. The zero-order valence-electron chi connectivity index (χ0n) is 21.8. The number of anilines is 1. The molecular formula is C22H35B2N6O4. The quantitative estimate of drug-likeness (QED) is 0.538. The Labute approximate surface area is 204 Å². The van der Waals surface area contributed by atoms with Crippen LogP contribution in [0.3, 0.4) is 0 Å². The molecule has 3 atom stereocenters. The number of nitrogens with zero attached hydrogens (tertiary/aromatic N) is 5. The molecule has 3 rings (SSSR count). The SMILES string of the molecule is [2H]N(C[B][B])c1nc(O[C@@H](C)CCC)nn2c(C(O)C3CCCN(C(=O)OC(C)(C)C)C3)cnc12. The highest BCUT2D eigenvalue weighted by atomic mass is 16.6. The molecule has 1 fully saturated rings. The summed E-state index contributed by atoms with van der Waals surface area (Å²) in [5.41, 5.74) is 0.162. The van der Waals surface area contributed by atoms with Gasteiger partial charge in [0.15, 0.2) is 12.9 Å². The molecule has 34 heavy (non-hydrogen) atoms. The smallest absolute Gasteiger partial charge is 0.410 e. The van der Waals surface area contributed by atoms with Crippen LogP contribution >= 0.6 is 0 Å². The topological polar surface area (TPSA) is 114 Å². The third-order valence-corrected chi connectivity index (χ3v) is 5.56. The first-order valence-electron chi connectivity index (χ1n) is 12.4. The van der Waals surface area contributed by atoms with Crippen LogP contribution in [0.4, 0.5) is 10.6 Å². The minimum Gasteiger partial charge on any atom is -0.459 e. The van der Waals surface area contributed by atoms with Crippen LogP contribution in [0.5, 0.6) is 6.01 Å². The van der Waals surface area contributed by atoms with Crippen molar-refractivity contribution in [3.05, 3.63) is 11.9 Å². The van der Waals surface area contributed by atoms with Gasteiger partial charge in [0, 0.05) is 26.7 Å². The van der Waals surface area contributed by atoms with Gasteiger partial charge in [0.25, 0.3) is 0 Å². The van der Waals surface area contributed by atoms with E-state index in [0.717, 1.165) is 31.0 Å². The van der Waals surface area contributed by atoms with E-state index in [4.69, 9.17) is 18.6 Å². The number of piperidine rings is 1. The van der Waals surface area contributed by atoms with Crippen molar-refractivity contribution in [3.63, 3.8) is 0 Å². The van der Waals surface area contributed by atoms with Crippen LogP contribution in [-0.4, -0.2) is 81.8 Å². The number of ether oxygens (including phenoxy) is 2. The Bertz CT molecular complexity index is 1000. The van der Waals surface area contributed by atoms with Gasteiger partial charge in [-0.1, -0.05) is 13.3 Å². The first-order chi connectivity index (χ1) is 16.5. The molecular weight excluding hydrogens is 434 g/mol. The monoisotopic (exact) mass is 470 g/mol. The molecule has 1 aliphatic heterocycles. The lowest BCUT2D eigenvalue weighted by atomic mass is 9.56. The van der Waals surface area contributed by atoms with E-state index in [9.17, 15) is 9.90 Å². The average molecular weight is 470 g/mol.